The summed E-state index contributed by atoms with van der Waals surface area (Å²) in [6, 6.07) is 14.6. The molecule has 0 aliphatic carbocycles. The highest BCUT2D eigenvalue weighted by Gasteiger charge is 2.11. The Balaban J connectivity index is 0.000000338. The Morgan fingerprint density at radius 1 is 0.913 bits per heavy atom. The molecule has 0 fully saturated rings. The molecule has 120 valence electrons. The molecule has 0 radical (unpaired) electrons. The van der Waals surface area contributed by atoms with E-state index >= 15 is 0 Å². The fourth-order valence-corrected chi connectivity index (χ4v) is 2.23. The molecule has 0 atom stereocenters. The lowest BCUT2D eigenvalue weighted by atomic mass is 10.0. The maximum Gasteiger partial charge on any atom is 0.328 e. The van der Waals surface area contributed by atoms with Gasteiger partial charge in [0, 0.05) is 17.7 Å². The molecule has 0 spiro atoms. The van der Waals surface area contributed by atoms with E-state index in [2.05, 4.69) is 44.3 Å². The van der Waals surface area contributed by atoms with Gasteiger partial charge in [0.05, 0.1) is 6.20 Å². The predicted molar refractivity (Wildman–Crippen MR) is 72.3 cm³/mol. The van der Waals surface area contributed by atoms with Crippen molar-refractivity contribution in [2.75, 3.05) is 0 Å². The van der Waals surface area contributed by atoms with E-state index in [1.54, 1.807) is 0 Å². The highest BCUT2D eigenvalue weighted by Crippen LogP contribution is 2.21. The van der Waals surface area contributed by atoms with Crippen molar-refractivity contribution in [1.29, 1.82) is 0 Å². The Morgan fingerprint density at radius 3 is 2.26 bits per heavy atom. The summed E-state index contributed by atoms with van der Waals surface area (Å²) in [5, 5.41) is 0. The van der Waals surface area contributed by atoms with Gasteiger partial charge >= 0.3 is 5.65 Å². The van der Waals surface area contributed by atoms with Gasteiger partial charge in [0.1, 0.15) is 6.20 Å². The molecule has 3 rings (SSSR count). The summed E-state index contributed by atoms with van der Waals surface area (Å²) >= 11 is 0. The second-order valence-corrected chi connectivity index (χ2v) is 5.73. The number of aromatic nitrogens is 2. The smallest absolute Gasteiger partial charge is 0.222 e. The lowest BCUT2D eigenvalue weighted by Crippen LogP contribution is -2.68. The molecule has 23 heavy (non-hydrogen) atoms. The van der Waals surface area contributed by atoms with Crippen LogP contribution < -0.4 is 23.0 Å². The van der Waals surface area contributed by atoms with Crippen LogP contribution in [0.25, 0.3) is 16.9 Å². The first-order chi connectivity index (χ1) is 10.7. The third-order valence-electron chi connectivity index (χ3n) is 3.15. The summed E-state index contributed by atoms with van der Waals surface area (Å²) in [6.45, 7) is 4.24. The molecule has 7 heteroatoms. The number of hydrogen-bond acceptors (Lipinski definition) is 5. The molecule has 2 heterocycles. The summed E-state index contributed by atoms with van der Waals surface area (Å²) < 4.78 is 36.0. The number of benzene rings is 1. The van der Waals surface area contributed by atoms with Crippen LogP contribution in [0.3, 0.4) is 0 Å². The fourth-order valence-electron chi connectivity index (χ4n) is 2.23. The van der Waals surface area contributed by atoms with Gasteiger partial charge in [-0.1, -0.05) is 29.8 Å². The number of pyridine rings is 1. The second-order valence-electron chi connectivity index (χ2n) is 4.98. The minimum absolute atomic E-state index is 0.968. The number of halogens is 1. The van der Waals surface area contributed by atoms with Crippen LogP contribution in [0.1, 0.15) is 11.1 Å². The van der Waals surface area contributed by atoms with E-state index in [0.29, 0.717) is 0 Å². The van der Waals surface area contributed by atoms with Gasteiger partial charge in [-0.2, -0.15) is 0 Å². The van der Waals surface area contributed by atoms with Crippen LogP contribution in [0.4, 0.5) is 0 Å². The number of rotatable bonds is 1. The minimum atomic E-state index is -4.94. The molecule has 1 aromatic carbocycles. The van der Waals surface area contributed by atoms with Gasteiger partial charge in [0.25, 0.3) is 0 Å². The van der Waals surface area contributed by atoms with Crippen LogP contribution in [0.15, 0.2) is 54.9 Å². The largest absolute Gasteiger partial charge is 0.328 e. The Labute approximate surface area is 135 Å². The second kappa shape index (κ2) is 6.99. The maximum atomic E-state index is 8.49. The van der Waals surface area contributed by atoms with Crippen LogP contribution in [0, 0.1) is 24.1 Å². The summed E-state index contributed by atoms with van der Waals surface area (Å²) in [5.74, 6) is 0. The van der Waals surface area contributed by atoms with Crippen molar-refractivity contribution in [3.05, 3.63) is 66.0 Å². The number of hydrogen-bond donors (Lipinski definition) is 0. The van der Waals surface area contributed by atoms with Crippen molar-refractivity contribution in [3.63, 3.8) is 0 Å². The zero-order chi connectivity index (χ0) is 17.0. The standard InChI is InChI=1S/C16H15N2.ClHO4/c1-12-6-7-14(13(2)11-12)15-8-10-18-9-4-3-5-16(18)17-15;2-1(3,4)5/h3-11H,1-2H3;(H,2,3,4,5)/q+1;/p-1. The van der Waals surface area contributed by atoms with Crippen molar-refractivity contribution < 1.29 is 33.3 Å². The SMILES string of the molecule is Cc1ccc(-c2cc[n+]3ccccc3n2)c(C)c1.[O-][Cl+3]([O-])([O-])[O-]. The average Bonchev–Trinajstić information content (AvgIpc) is 2.45. The third kappa shape index (κ3) is 5.24. The van der Waals surface area contributed by atoms with E-state index in [0.717, 1.165) is 11.3 Å². The molecule has 0 unspecified atom stereocenters. The Kier molecular flexibility index (Phi) is 5.25. The first-order valence-corrected chi connectivity index (χ1v) is 7.94. The molecular formula is C16H15ClN2O4. The van der Waals surface area contributed by atoms with Gasteiger partial charge in [-0.15, -0.1) is 10.2 Å². The number of nitrogens with zero attached hydrogens (tertiary/aromatic N) is 2. The van der Waals surface area contributed by atoms with E-state index in [9.17, 15) is 0 Å². The monoisotopic (exact) mass is 334 g/mol. The van der Waals surface area contributed by atoms with Gasteiger partial charge < -0.3 is 0 Å². The Morgan fingerprint density at radius 2 is 1.61 bits per heavy atom. The Hall–Kier alpha value is -2.09. The van der Waals surface area contributed by atoms with Crippen molar-refractivity contribution >= 4 is 5.65 Å². The van der Waals surface area contributed by atoms with Crippen LogP contribution >= 0.6 is 0 Å². The molecule has 0 aliphatic heterocycles. The highest BCUT2D eigenvalue weighted by molar-refractivity contribution is 5.64. The van der Waals surface area contributed by atoms with Gasteiger partial charge in [0.15, 0.2) is 5.69 Å². The van der Waals surface area contributed by atoms with Crippen molar-refractivity contribution in [2.24, 2.45) is 0 Å². The van der Waals surface area contributed by atoms with E-state index in [4.69, 9.17) is 23.6 Å². The molecule has 0 saturated heterocycles. The van der Waals surface area contributed by atoms with Crippen LogP contribution in [0.5, 0.6) is 0 Å². The van der Waals surface area contributed by atoms with E-state index in [-0.39, 0.29) is 0 Å². The summed E-state index contributed by atoms with van der Waals surface area (Å²) in [6.07, 6.45) is 4.06. The van der Waals surface area contributed by atoms with Gasteiger partial charge in [-0.25, -0.2) is 23.0 Å². The molecule has 0 bridgehead atoms. The predicted octanol–water partition coefficient (Wildman–Crippen LogP) is -1.65. The van der Waals surface area contributed by atoms with E-state index in [1.807, 2.05) is 28.8 Å². The number of fused-ring (bicyclic) bond motifs is 1. The topological polar surface area (TPSA) is 109 Å². The fraction of sp³-hybridized carbons (Fsp3) is 0.125. The lowest BCUT2D eigenvalue weighted by molar-refractivity contribution is -2.00. The van der Waals surface area contributed by atoms with E-state index in [1.165, 1.54) is 16.7 Å². The first kappa shape index (κ1) is 17.3. The molecule has 3 aromatic rings. The van der Waals surface area contributed by atoms with Crippen LogP contribution in [0.2, 0.25) is 0 Å². The Bertz CT molecular complexity index is 813. The highest BCUT2D eigenvalue weighted by atomic mass is 35.7. The zero-order valence-corrected chi connectivity index (χ0v) is 13.4. The van der Waals surface area contributed by atoms with Gasteiger partial charge in [-0.05, 0) is 30.5 Å². The van der Waals surface area contributed by atoms with Crippen molar-refractivity contribution in [3.8, 4) is 11.3 Å². The number of aryl methyl sites for hydroxylation is 2. The molecule has 0 aliphatic rings. The lowest BCUT2D eigenvalue weighted by Gasteiger charge is -2.17. The zero-order valence-electron chi connectivity index (χ0n) is 12.6. The minimum Gasteiger partial charge on any atom is -0.222 e. The van der Waals surface area contributed by atoms with Gasteiger partial charge in [0.2, 0.25) is 0 Å². The quantitative estimate of drug-likeness (QED) is 0.495. The molecule has 0 amide bonds. The maximum absolute atomic E-state index is 8.49. The molecular weight excluding hydrogens is 320 g/mol. The molecule has 0 saturated carbocycles. The normalized spacial score (nSPS) is 11.0. The summed E-state index contributed by atoms with van der Waals surface area (Å²) in [5.41, 5.74) is 5.75. The van der Waals surface area contributed by atoms with Crippen LogP contribution in [-0.4, -0.2) is 4.98 Å². The van der Waals surface area contributed by atoms with Crippen LogP contribution in [-0.2, 0) is 0 Å². The average molecular weight is 335 g/mol. The van der Waals surface area contributed by atoms with E-state index < -0.39 is 10.2 Å². The van der Waals surface area contributed by atoms with Crippen molar-refractivity contribution in [1.82, 2.24) is 4.98 Å². The first-order valence-electron chi connectivity index (χ1n) is 6.70. The summed E-state index contributed by atoms with van der Waals surface area (Å²) in [7, 11) is -4.94. The molecule has 6 nitrogen and oxygen atoms in total. The molecule has 2 aromatic heterocycles. The third-order valence-corrected chi connectivity index (χ3v) is 3.15. The summed E-state index contributed by atoms with van der Waals surface area (Å²) in [4.78, 5) is 4.70. The molecule has 0 N–H and O–H groups in total. The van der Waals surface area contributed by atoms with Gasteiger partial charge in [-0.3, -0.25) is 0 Å². The van der Waals surface area contributed by atoms with Crippen molar-refractivity contribution in [2.45, 2.75) is 13.8 Å².